The number of rotatable bonds is 33. The first-order valence-electron chi connectivity index (χ1n) is 33.6. The van der Waals surface area contributed by atoms with E-state index < -0.39 is 148 Å². The largest absolute Gasteiger partial charge is 0.391 e. The minimum Gasteiger partial charge on any atom is -0.391 e. The number of ketones is 2. The predicted molar refractivity (Wildman–Crippen MR) is 370 cm³/mol. The lowest BCUT2D eigenvalue weighted by molar-refractivity contribution is -0.150. The number of aliphatic hydroxyl groups is 1. The van der Waals surface area contributed by atoms with Crippen LogP contribution < -0.4 is 26.6 Å². The Morgan fingerprint density at radius 1 is 0.619 bits per heavy atom. The van der Waals surface area contributed by atoms with Crippen LogP contribution in [0.4, 0.5) is 0 Å². The minimum absolute atomic E-state index is 0.0102. The molecule has 1 fully saturated rings. The summed E-state index contributed by atoms with van der Waals surface area (Å²) < 4.78 is 0. The van der Waals surface area contributed by atoms with Crippen molar-refractivity contribution in [3.05, 3.63) is 108 Å². The summed E-state index contributed by atoms with van der Waals surface area (Å²) in [6.45, 7) is 17.6. The van der Waals surface area contributed by atoms with Crippen LogP contribution in [0.15, 0.2) is 96.1 Å². The second-order valence-corrected chi connectivity index (χ2v) is 27.3. The van der Waals surface area contributed by atoms with Gasteiger partial charge in [-0.15, -0.1) is 0 Å². The summed E-state index contributed by atoms with van der Waals surface area (Å²) in [6.07, 6.45) is 3.17. The maximum atomic E-state index is 15.8. The normalized spacial score (nSPS) is 16.2. The monoisotopic (exact) mass is 1340 g/mol. The van der Waals surface area contributed by atoms with Gasteiger partial charge in [-0.2, -0.15) is 0 Å². The molecule has 0 radical (unpaired) electrons. The first kappa shape index (κ1) is 78.8. The lowest BCUT2D eigenvalue weighted by atomic mass is 9.83. The number of carbonyl (C=O) groups excluding carboxylic acids is 12. The average Bonchev–Trinajstić information content (AvgIpc) is 1.77. The Bertz CT molecular complexity index is 3470. The molecule has 0 spiro atoms. The maximum absolute atomic E-state index is 15.8. The molecule has 1 aromatic heterocycles. The second kappa shape index (κ2) is 35.9. The molecule has 97 heavy (non-hydrogen) atoms. The van der Waals surface area contributed by atoms with Gasteiger partial charge in [0.05, 0.1) is 12.1 Å². The van der Waals surface area contributed by atoms with Gasteiger partial charge in [-0.3, -0.25) is 57.5 Å². The number of aromatic amines is 1. The highest BCUT2D eigenvalue weighted by molar-refractivity contribution is 6.41. The summed E-state index contributed by atoms with van der Waals surface area (Å²) in [5.41, 5.74) is 0.930. The number of H-pyrrole nitrogens is 1. The van der Waals surface area contributed by atoms with E-state index in [1.165, 1.54) is 72.7 Å². The Labute approximate surface area is 570 Å². The van der Waals surface area contributed by atoms with Crippen LogP contribution in [0.2, 0.25) is 0 Å². The van der Waals surface area contributed by atoms with Crippen molar-refractivity contribution in [3.8, 4) is 0 Å². The van der Waals surface area contributed by atoms with Crippen molar-refractivity contribution in [1.82, 2.24) is 51.2 Å². The molecule has 1 unspecified atom stereocenters. The van der Waals surface area contributed by atoms with Crippen molar-refractivity contribution in [2.75, 3.05) is 35.2 Å². The van der Waals surface area contributed by atoms with E-state index in [4.69, 9.17) is 0 Å². The molecule has 10 amide bonds. The Morgan fingerprint density at radius 2 is 1.16 bits per heavy atom. The molecule has 7 N–H and O–H groups in total. The zero-order chi connectivity index (χ0) is 72.3. The molecule has 4 aromatic rings. The number of amides is 10. The van der Waals surface area contributed by atoms with E-state index in [-0.39, 0.29) is 37.5 Å². The van der Waals surface area contributed by atoms with Gasteiger partial charge in [0.1, 0.15) is 47.4 Å². The van der Waals surface area contributed by atoms with Gasteiger partial charge < -0.3 is 56.3 Å². The molecule has 0 saturated heterocycles. The van der Waals surface area contributed by atoms with Crippen LogP contribution in [0.5, 0.6) is 0 Å². The number of nitrogens with one attached hydrogen (secondary N) is 6. The minimum atomic E-state index is -1.97. The fourth-order valence-electron chi connectivity index (χ4n) is 12.3. The summed E-state index contributed by atoms with van der Waals surface area (Å²) in [5, 5.41) is 24.8. The number of benzene rings is 3. The summed E-state index contributed by atoms with van der Waals surface area (Å²) in [7, 11) is 7.11. The number of nitrogens with zero attached hydrogens (tertiary/aromatic N) is 5. The van der Waals surface area contributed by atoms with Crippen LogP contribution in [0.1, 0.15) is 138 Å². The highest BCUT2D eigenvalue weighted by atomic mass is 16.3. The third-order valence-corrected chi connectivity index (χ3v) is 18.6. The fourth-order valence-corrected chi connectivity index (χ4v) is 12.3. The molecule has 528 valence electrons. The Morgan fingerprint density at radius 3 is 1.71 bits per heavy atom. The Hall–Kier alpha value is -8.93. The van der Waals surface area contributed by atoms with E-state index in [1.54, 1.807) is 69.4 Å². The summed E-state index contributed by atoms with van der Waals surface area (Å²) in [4.78, 5) is 185. The quantitative estimate of drug-likeness (QED) is 0.0242. The van der Waals surface area contributed by atoms with Gasteiger partial charge in [0.25, 0.3) is 11.8 Å². The number of hydrogen-bond donors (Lipinski definition) is 7. The number of fused-ring (bicyclic) bond motifs is 1. The molecule has 1 aliphatic carbocycles. The maximum Gasteiger partial charge on any atom is 0.276 e. The van der Waals surface area contributed by atoms with Crippen molar-refractivity contribution in [2.45, 2.75) is 194 Å². The van der Waals surface area contributed by atoms with Gasteiger partial charge in [-0.05, 0) is 94.4 Å². The topological polar surface area (TPSA) is 326 Å². The number of Topliss-reactive ketones (excluding diaryl/α,β-unsaturated/α-hetero) is 2. The summed E-state index contributed by atoms with van der Waals surface area (Å²) >= 11 is 0. The van der Waals surface area contributed by atoms with Crippen LogP contribution >= 0.6 is 0 Å². The Kier molecular flexibility index (Phi) is 29.1. The fraction of sp³-hybridized carbons (Fsp3) is 0.548. The number of carbonyl (C=O) groups is 12. The van der Waals surface area contributed by atoms with Crippen LogP contribution in [0.3, 0.4) is 0 Å². The number of hydrogen-bond acceptors (Lipinski definition) is 13. The first-order valence-corrected chi connectivity index (χ1v) is 33.6. The number of aliphatic hydroxyl groups excluding tert-OH is 1. The predicted octanol–water partition coefficient (Wildman–Crippen LogP) is 5.07. The lowest BCUT2D eigenvalue weighted by Gasteiger charge is -2.40. The van der Waals surface area contributed by atoms with Gasteiger partial charge >= 0.3 is 0 Å². The number of likely N-dealkylation sites (N-methyl/N-ethyl adjacent to an activating group) is 5. The molecule has 0 bridgehead atoms. The van der Waals surface area contributed by atoms with Crippen LogP contribution in [-0.4, -0.2) is 195 Å². The molecule has 5 rings (SSSR count). The van der Waals surface area contributed by atoms with E-state index in [9.17, 15) is 48.3 Å². The van der Waals surface area contributed by atoms with Crippen LogP contribution in [-0.2, 0) is 76.8 Å². The third-order valence-electron chi connectivity index (χ3n) is 18.6. The standard InChI is InChI=1S/C73H103N11O13/c1-42(2)36-56(76-64(89)46(8)82(14)71(96)59(44(5)6)78-68(93)61(62(87)51-32-24-19-25-33-51)80-67(92)60(47(9)85)79-65(90)45(7)81(13)48(10)86)63(88)54(39-52-41-75-55-35-27-26-34-53(52)55)69(94)83(15)58(38-50-30-22-18-23-31-50)66(91)77-57(37-49-28-20-17-21-29-49)70(95)84(16)73(11,40-43(3)4)72(97)74-12/h17-18,20-23,26-31,34-35,41-47,51,54,56-58,60-61,75,85H,19,24-25,32-33,36-40H2,1-16H3,(H,74,97)(H,76,89)(H,77,91)(H,79,90)(H,80,92)/t45-,46-,47?,54+,56-,57-,58-,60-,61+,73-/m0/s1. The molecule has 1 aliphatic rings. The SMILES string of the molecule is CNC(=O)[C@](C)(CC(C)C)N(C)C(=O)[C@H](Cc1ccccc1)NC(=O)[C@H](Cc1ccccc1)N(C)C(=O)[C@H](Cc1c[nH]c2ccccc12)C(=O)[C@H](CC(C)C)NC(=O)[C@H](C)N(C)C(=O)C(=NC(=O)[C@H](NC(=O)[C@@H](NC(=O)[C@H](C)N(C)C(C)=O)C(C)O)C(=O)C1CCCCC1)C(C)C. The van der Waals surface area contributed by atoms with E-state index in [0.717, 1.165) is 21.7 Å². The molecular weight excluding hydrogens is 1240 g/mol. The van der Waals surface area contributed by atoms with Crippen molar-refractivity contribution < 1.29 is 62.6 Å². The van der Waals surface area contributed by atoms with E-state index in [0.29, 0.717) is 54.2 Å². The molecule has 24 nitrogen and oxygen atoms in total. The van der Waals surface area contributed by atoms with Crippen molar-refractivity contribution in [2.24, 2.45) is 34.6 Å². The smallest absolute Gasteiger partial charge is 0.276 e. The van der Waals surface area contributed by atoms with Crippen molar-refractivity contribution >= 4 is 87.3 Å². The molecule has 10 atom stereocenters. The summed E-state index contributed by atoms with van der Waals surface area (Å²) in [5.74, 6) is -12.5. The van der Waals surface area contributed by atoms with E-state index >= 15 is 14.4 Å². The second-order valence-electron chi connectivity index (χ2n) is 27.3. The van der Waals surface area contributed by atoms with E-state index in [2.05, 4.69) is 36.6 Å². The van der Waals surface area contributed by atoms with Gasteiger partial charge in [0.15, 0.2) is 17.6 Å². The number of para-hydroxylation sites is 1. The first-order chi connectivity index (χ1) is 45.6. The van der Waals surface area contributed by atoms with Crippen LogP contribution in [0.25, 0.3) is 10.9 Å². The average molecular weight is 1340 g/mol. The van der Waals surface area contributed by atoms with Crippen molar-refractivity contribution in [3.63, 3.8) is 0 Å². The molecule has 1 saturated carbocycles. The molecular formula is C73H103N11O13. The van der Waals surface area contributed by atoms with Gasteiger partial charge in [0, 0.05) is 83.9 Å². The number of aromatic nitrogens is 1. The van der Waals surface area contributed by atoms with Crippen LogP contribution in [0, 0.1) is 29.6 Å². The lowest BCUT2D eigenvalue weighted by Crippen LogP contribution is -2.63. The molecule has 0 aliphatic heterocycles. The molecule has 1 heterocycles. The zero-order valence-electron chi connectivity index (χ0n) is 59.3. The van der Waals surface area contributed by atoms with E-state index in [1.807, 2.05) is 70.2 Å². The number of aliphatic imine (C=N–C) groups is 1. The molecule has 24 heteroatoms. The summed E-state index contributed by atoms with van der Waals surface area (Å²) in [6, 6.07) is 15.2. The highest BCUT2D eigenvalue weighted by Crippen LogP contribution is 2.29. The third kappa shape index (κ3) is 20.8. The van der Waals surface area contributed by atoms with Gasteiger partial charge in [-0.25, -0.2) is 4.99 Å². The van der Waals surface area contributed by atoms with Gasteiger partial charge in [-0.1, -0.05) is 140 Å². The zero-order valence-corrected chi connectivity index (χ0v) is 59.3. The molecule has 3 aromatic carbocycles. The highest BCUT2D eigenvalue weighted by Gasteiger charge is 2.45. The van der Waals surface area contributed by atoms with Crippen molar-refractivity contribution in [1.29, 1.82) is 0 Å². The Balaban J connectivity index is 1.52. The van der Waals surface area contributed by atoms with Gasteiger partial charge in [0.2, 0.25) is 47.3 Å².